The standard InChI is InChI=1S/C63H65N5Si/c1-65-58-37-17-15-35-56(58)64-63(65)68-57-36-16-14-32-54(57)55-41-40-51(43-61(55)68)69(48-27-10-4-11-28-48,49-29-12-5-13-30-49)50-31-20-26-47(42-50)66-44-67(60-39-19-18-38-59(60)66)62-52(45-22-6-2-7-23-45)33-21-34-53(62)46-24-8-3-9-25-46/h4-5,10-20,26-32,35-43,45-46,52-53,62H,2-3,6-9,21-25,33-34,44H2,1H3/i1D3. The summed E-state index contributed by atoms with van der Waals surface area (Å²) in [6, 6.07) is 64.9. The summed E-state index contributed by atoms with van der Waals surface area (Å²) in [6.07, 6.45) is 18.1. The molecule has 0 radical (unpaired) electrons. The van der Waals surface area contributed by atoms with E-state index < -0.39 is 15.0 Å². The minimum Gasteiger partial charge on any atom is -0.348 e. The van der Waals surface area contributed by atoms with Crippen LogP contribution in [0.5, 0.6) is 0 Å². The summed E-state index contributed by atoms with van der Waals surface area (Å²) < 4.78 is 30.2. The molecule has 2 atom stereocenters. The molecule has 2 unspecified atom stereocenters. The van der Waals surface area contributed by atoms with Crippen molar-refractivity contribution in [3.05, 3.63) is 176 Å². The normalized spacial score (nSPS) is 21.4. The Morgan fingerprint density at radius 2 is 1.06 bits per heavy atom. The maximum absolute atomic E-state index is 8.87. The maximum atomic E-state index is 8.87. The Labute approximate surface area is 413 Å². The average molecular weight is 923 g/mol. The first-order valence-corrected chi connectivity index (χ1v) is 28.2. The summed E-state index contributed by atoms with van der Waals surface area (Å²) >= 11 is 0. The third-order valence-corrected chi connectivity index (χ3v) is 22.2. The zero-order chi connectivity index (χ0) is 48.4. The molecule has 0 saturated heterocycles. The van der Waals surface area contributed by atoms with Crippen LogP contribution < -0.4 is 30.5 Å². The molecule has 0 amide bonds. The third kappa shape index (κ3) is 7.10. The summed E-state index contributed by atoms with van der Waals surface area (Å²) in [7, 11) is -3.15. The van der Waals surface area contributed by atoms with Crippen LogP contribution in [0.4, 0.5) is 17.1 Å². The Morgan fingerprint density at radius 3 is 1.75 bits per heavy atom. The van der Waals surface area contributed by atoms with Crippen molar-refractivity contribution in [3.63, 3.8) is 0 Å². The fraction of sp³-hybridized carbons (Fsp3) is 0.317. The molecule has 6 heteroatoms. The van der Waals surface area contributed by atoms with Gasteiger partial charge in [-0.15, -0.1) is 0 Å². The minimum atomic E-state index is -3.15. The molecule has 0 spiro atoms. The highest BCUT2D eigenvalue weighted by Crippen LogP contribution is 2.52. The van der Waals surface area contributed by atoms with Gasteiger partial charge in [0.05, 0.1) is 40.1 Å². The Hall–Kier alpha value is -6.37. The summed E-state index contributed by atoms with van der Waals surface area (Å²) in [5, 5.41) is 7.24. The van der Waals surface area contributed by atoms with Gasteiger partial charge in [0.2, 0.25) is 5.95 Å². The monoisotopic (exact) mass is 923 g/mol. The predicted octanol–water partition coefficient (Wildman–Crippen LogP) is 12.9. The van der Waals surface area contributed by atoms with E-state index in [0.29, 0.717) is 23.0 Å². The topological polar surface area (TPSA) is 29.2 Å². The van der Waals surface area contributed by atoms with Crippen molar-refractivity contribution in [2.24, 2.45) is 30.6 Å². The summed E-state index contributed by atoms with van der Waals surface area (Å²) in [5.74, 6) is 3.52. The molecule has 346 valence electrons. The molecular weight excluding hydrogens is 855 g/mol. The number of imidazole rings is 1. The number of aromatic nitrogens is 3. The van der Waals surface area contributed by atoms with Gasteiger partial charge in [0.25, 0.3) is 0 Å². The molecule has 3 aliphatic carbocycles. The molecule has 7 aromatic carbocycles. The fourth-order valence-corrected chi connectivity index (χ4v) is 19.2. The van der Waals surface area contributed by atoms with Crippen molar-refractivity contribution in [3.8, 4) is 5.95 Å². The molecule has 3 fully saturated rings. The lowest BCUT2D eigenvalue weighted by molar-refractivity contribution is 0.0797. The van der Waals surface area contributed by atoms with E-state index in [2.05, 4.69) is 160 Å². The van der Waals surface area contributed by atoms with Crippen LogP contribution in [-0.2, 0) is 6.98 Å². The molecular formula is C63H65N5Si. The van der Waals surface area contributed by atoms with E-state index in [0.717, 1.165) is 52.1 Å². The Morgan fingerprint density at radius 1 is 0.478 bits per heavy atom. The van der Waals surface area contributed by atoms with Crippen LogP contribution in [0.3, 0.4) is 0 Å². The van der Waals surface area contributed by atoms with Gasteiger partial charge >= 0.3 is 0 Å². The maximum Gasteiger partial charge on any atom is 0.215 e. The van der Waals surface area contributed by atoms with Crippen LogP contribution in [-0.4, -0.2) is 34.9 Å². The lowest BCUT2D eigenvalue weighted by atomic mass is 9.62. The van der Waals surface area contributed by atoms with Crippen molar-refractivity contribution in [1.82, 2.24) is 14.1 Å². The highest BCUT2D eigenvalue weighted by molar-refractivity contribution is 7.20. The van der Waals surface area contributed by atoms with Crippen LogP contribution >= 0.6 is 0 Å². The molecule has 9 aromatic rings. The molecule has 1 aliphatic heterocycles. The number of aryl methyl sites for hydroxylation is 1. The highest BCUT2D eigenvalue weighted by atomic mass is 28.3. The second-order valence-corrected chi connectivity index (χ2v) is 24.7. The average Bonchev–Trinajstić information content (AvgIpc) is 4.12. The van der Waals surface area contributed by atoms with Gasteiger partial charge in [-0.25, -0.2) is 4.98 Å². The first kappa shape index (κ1) is 39.5. The molecule has 4 aliphatic rings. The van der Waals surface area contributed by atoms with E-state index in [1.807, 2.05) is 30.3 Å². The number of hydrogen-bond acceptors (Lipinski definition) is 3. The number of nitrogens with zero attached hydrogens (tertiary/aromatic N) is 5. The van der Waals surface area contributed by atoms with Crippen LogP contribution in [0, 0.1) is 23.7 Å². The highest BCUT2D eigenvalue weighted by Gasteiger charge is 2.47. The first-order chi connectivity index (χ1) is 35.4. The summed E-state index contributed by atoms with van der Waals surface area (Å²) in [5.41, 5.74) is 7.05. The second-order valence-electron chi connectivity index (χ2n) is 20.9. The van der Waals surface area contributed by atoms with Crippen LogP contribution in [0.1, 0.15) is 87.6 Å². The fourth-order valence-electron chi connectivity index (χ4n) is 14.4. The van der Waals surface area contributed by atoms with Gasteiger partial charge in [-0.1, -0.05) is 198 Å². The molecule has 0 N–H and O–H groups in total. The van der Waals surface area contributed by atoms with E-state index >= 15 is 0 Å². The zero-order valence-corrected chi connectivity index (χ0v) is 40.8. The Balaban J connectivity index is 0.999. The molecule has 5 nitrogen and oxygen atoms in total. The van der Waals surface area contributed by atoms with E-state index in [9.17, 15) is 0 Å². The van der Waals surface area contributed by atoms with Gasteiger partial charge in [0, 0.05) is 33.6 Å². The smallest absolute Gasteiger partial charge is 0.215 e. The van der Waals surface area contributed by atoms with Gasteiger partial charge in [-0.05, 0) is 106 Å². The van der Waals surface area contributed by atoms with Gasteiger partial charge in [0.15, 0.2) is 8.07 Å². The minimum absolute atomic E-state index is 0.389. The molecule has 0 bridgehead atoms. The number of hydrogen-bond donors (Lipinski definition) is 0. The zero-order valence-electron chi connectivity index (χ0n) is 42.8. The van der Waals surface area contributed by atoms with Crippen LogP contribution in [0.25, 0.3) is 38.8 Å². The number of rotatable bonds is 9. The summed E-state index contributed by atoms with van der Waals surface area (Å²) in [4.78, 5) is 10.7. The number of anilines is 3. The van der Waals surface area contributed by atoms with Crippen molar-refractivity contribution in [2.45, 2.75) is 89.5 Å². The molecule has 3 saturated carbocycles. The van der Waals surface area contributed by atoms with Gasteiger partial charge in [-0.3, -0.25) is 4.57 Å². The van der Waals surface area contributed by atoms with Crippen LogP contribution in [0.2, 0.25) is 0 Å². The van der Waals surface area contributed by atoms with Gasteiger partial charge < -0.3 is 14.4 Å². The molecule has 69 heavy (non-hydrogen) atoms. The Bertz CT molecular complexity index is 3320. The van der Waals surface area contributed by atoms with E-state index in [-0.39, 0.29) is 0 Å². The number of para-hydroxylation sites is 5. The first-order valence-electron chi connectivity index (χ1n) is 27.7. The van der Waals surface area contributed by atoms with Crippen molar-refractivity contribution >= 4 is 78.7 Å². The van der Waals surface area contributed by atoms with E-state index in [1.54, 1.807) is 0 Å². The molecule has 2 aromatic heterocycles. The number of fused-ring (bicyclic) bond motifs is 5. The van der Waals surface area contributed by atoms with Crippen LogP contribution in [0.15, 0.2) is 176 Å². The second kappa shape index (κ2) is 17.9. The van der Waals surface area contributed by atoms with Crippen molar-refractivity contribution in [1.29, 1.82) is 0 Å². The third-order valence-electron chi connectivity index (χ3n) is 17.5. The SMILES string of the molecule is [2H]C([2H])([2H])n1c(-n2c3ccccc3c3ccc([Si](c4ccccc4)(c4ccccc4)c4cccc(N5CN(C6C(C7CCCCC7)CCCC6C6CCCCC6)c6ccccc65)c4)cc32)nc2ccccc21. The Kier molecular flexibility index (Phi) is 10.2. The predicted molar refractivity (Wildman–Crippen MR) is 292 cm³/mol. The lowest BCUT2D eigenvalue weighted by Crippen LogP contribution is -2.74. The van der Waals surface area contributed by atoms with E-state index in [1.165, 1.54) is 126 Å². The molecule has 13 rings (SSSR count). The quantitative estimate of drug-likeness (QED) is 0.107. The van der Waals surface area contributed by atoms with Gasteiger partial charge in [-0.2, -0.15) is 0 Å². The van der Waals surface area contributed by atoms with Crippen molar-refractivity contribution < 1.29 is 4.11 Å². The summed E-state index contributed by atoms with van der Waals surface area (Å²) in [6.45, 7) is -1.61. The van der Waals surface area contributed by atoms with E-state index in [4.69, 9.17) is 9.10 Å². The van der Waals surface area contributed by atoms with Crippen molar-refractivity contribution in [2.75, 3.05) is 16.5 Å². The largest absolute Gasteiger partial charge is 0.348 e. The van der Waals surface area contributed by atoms with Gasteiger partial charge in [0.1, 0.15) is 0 Å². The molecule has 3 heterocycles. The number of benzene rings is 7. The lowest BCUT2D eigenvalue weighted by Gasteiger charge is -2.51.